The van der Waals surface area contributed by atoms with E-state index in [-0.39, 0.29) is 0 Å². The highest BCUT2D eigenvalue weighted by Crippen LogP contribution is 2.34. The molecule has 3 atom stereocenters. The van der Waals surface area contributed by atoms with Gasteiger partial charge in [-0.15, -0.1) is 0 Å². The predicted octanol–water partition coefficient (Wildman–Crippen LogP) is 1.85. The zero-order chi connectivity index (χ0) is 13.2. The van der Waals surface area contributed by atoms with Crippen LogP contribution in [0.4, 0.5) is 0 Å². The number of imidazole rings is 1. The number of hydrogen-bond acceptors (Lipinski definition) is 3. The Morgan fingerprint density at radius 3 is 3.05 bits per heavy atom. The lowest BCUT2D eigenvalue weighted by Gasteiger charge is -2.43. The highest BCUT2D eigenvalue weighted by atomic mass is 15.3. The smallest absolute Gasteiger partial charge is 0.122 e. The molecule has 0 spiro atoms. The van der Waals surface area contributed by atoms with Gasteiger partial charge in [0.1, 0.15) is 5.82 Å². The van der Waals surface area contributed by atoms with Crippen molar-refractivity contribution in [2.24, 2.45) is 17.6 Å². The van der Waals surface area contributed by atoms with Crippen LogP contribution in [0.5, 0.6) is 0 Å². The van der Waals surface area contributed by atoms with Crippen LogP contribution in [0.3, 0.4) is 0 Å². The summed E-state index contributed by atoms with van der Waals surface area (Å²) in [5, 5.41) is 0. The van der Waals surface area contributed by atoms with E-state index in [0.29, 0.717) is 12.0 Å². The summed E-state index contributed by atoms with van der Waals surface area (Å²) in [4.78, 5) is 7.12. The van der Waals surface area contributed by atoms with Gasteiger partial charge in [0.05, 0.1) is 6.54 Å². The van der Waals surface area contributed by atoms with Gasteiger partial charge in [-0.1, -0.05) is 19.8 Å². The lowest BCUT2D eigenvalue weighted by molar-refractivity contribution is 0.0581. The van der Waals surface area contributed by atoms with Gasteiger partial charge in [0, 0.05) is 31.5 Å². The van der Waals surface area contributed by atoms with E-state index in [1.807, 2.05) is 6.20 Å². The number of nitrogens with zero attached hydrogens (tertiary/aromatic N) is 3. The quantitative estimate of drug-likeness (QED) is 0.904. The lowest BCUT2D eigenvalue weighted by atomic mass is 9.76. The molecule has 106 valence electrons. The standard InChI is InChI=1S/C15H26N4/c1-2-12-3-4-13(10-16)14(9-12)19-8-7-18-6-5-17-15(18)11-19/h5-6,12-14H,2-4,7-11,16H2,1H3. The Kier molecular flexibility index (Phi) is 3.89. The first-order valence-corrected chi connectivity index (χ1v) is 7.76. The van der Waals surface area contributed by atoms with E-state index in [4.69, 9.17) is 5.73 Å². The molecule has 1 aromatic rings. The average Bonchev–Trinajstić information content (AvgIpc) is 2.93. The zero-order valence-corrected chi connectivity index (χ0v) is 12.0. The van der Waals surface area contributed by atoms with Crippen LogP contribution in [0.2, 0.25) is 0 Å². The third-order valence-corrected chi connectivity index (χ3v) is 5.19. The van der Waals surface area contributed by atoms with E-state index >= 15 is 0 Å². The van der Waals surface area contributed by atoms with Gasteiger partial charge in [-0.05, 0) is 31.2 Å². The van der Waals surface area contributed by atoms with Gasteiger partial charge in [0.15, 0.2) is 0 Å². The van der Waals surface area contributed by atoms with E-state index in [1.165, 1.54) is 31.5 Å². The Labute approximate surface area is 116 Å². The molecule has 2 heterocycles. The number of aromatic nitrogens is 2. The summed E-state index contributed by atoms with van der Waals surface area (Å²) in [5.41, 5.74) is 6.01. The highest BCUT2D eigenvalue weighted by molar-refractivity contribution is 4.98. The van der Waals surface area contributed by atoms with Crippen molar-refractivity contribution in [1.29, 1.82) is 0 Å². The van der Waals surface area contributed by atoms with Gasteiger partial charge in [-0.3, -0.25) is 4.90 Å². The molecular weight excluding hydrogens is 236 g/mol. The summed E-state index contributed by atoms with van der Waals surface area (Å²) in [6, 6.07) is 0.675. The molecule has 1 fully saturated rings. The fourth-order valence-electron chi connectivity index (χ4n) is 3.86. The van der Waals surface area contributed by atoms with Crippen molar-refractivity contribution in [2.45, 2.75) is 51.7 Å². The second-order valence-corrected chi connectivity index (χ2v) is 6.16. The van der Waals surface area contributed by atoms with Crippen molar-refractivity contribution >= 4 is 0 Å². The minimum Gasteiger partial charge on any atom is -0.333 e. The summed E-state index contributed by atoms with van der Waals surface area (Å²) < 4.78 is 2.29. The molecule has 4 nitrogen and oxygen atoms in total. The van der Waals surface area contributed by atoms with Crippen LogP contribution in [-0.2, 0) is 13.1 Å². The fourth-order valence-corrected chi connectivity index (χ4v) is 3.86. The minimum atomic E-state index is 0.675. The Balaban J connectivity index is 1.72. The molecule has 1 aliphatic carbocycles. The topological polar surface area (TPSA) is 47.1 Å². The molecule has 0 bridgehead atoms. The second-order valence-electron chi connectivity index (χ2n) is 6.16. The highest BCUT2D eigenvalue weighted by Gasteiger charge is 2.34. The van der Waals surface area contributed by atoms with Crippen LogP contribution in [0, 0.1) is 11.8 Å². The Morgan fingerprint density at radius 1 is 1.37 bits per heavy atom. The van der Waals surface area contributed by atoms with E-state index in [0.717, 1.165) is 32.1 Å². The average molecular weight is 262 g/mol. The predicted molar refractivity (Wildman–Crippen MR) is 76.6 cm³/mol. The number of nitrogens with two attached hydrogens (primary N) is 1. The molecule has 2 aliphatic rings. The van der Waals surface area contributed by atoms with Crippen molar-refractivity contribution in [1.82, 2.24) is 14.5 Å². The maximum Gasteiger partial charge on any atom is 0.122 e. The largest absolute Gasteiger partial charge is 0.333 e. The molecule has 4 heteroatoms. The number of hydrogen-bond donors (Lipinski definition) is 1. The molecule has 1 aromatic heterocycles. The third-order valence-electron chi connectivity index (χ3n) is 5.19. The summed E-state index contributed by atoms with van der Waals surface area (Å²) in [6.45, 7) is 6.41. The summed E-state index contributed by atoms with van der Waals surface area (Å²) in [7, 11) is 0. The molecule has 1 saturated carbocycles. The van der Waals surface area contributed by atoms with E-state index < -0.39 is 0 Å². The molecule has 0 aromatic carbocycles. The van der Waals surface area contributed by atoms with Gasteiger partial charge < -0.3 is 10.3 Å². The zero-order valence-electron chi connectivity index (χ0n) is 12.0. The maximum absolute atomic E-state index is 6.01. The van der Waals surface area contributed by atoms with Crippen molar-refractivity contribution in [3.63, 3.8) is 0 Å². The molecule has 1 aliphatic heterocycles. The molecule has 2 N–H and O–H groups in total. The number of fused-ring (bicyclic) bond motifs is 1. The lowest BCUT2D eigenvalue weighted by Crippen LogP contribution is -2.49. The Hall–Kier alpha value is -0.870. The summed E-state index contributed by atoms with van der Waals surface area (Å²) >= 11 is 0. The molecule has 3 rings (SSSR count). The van der Waals surface area contributed by atoms with Gasteiger partial charge >= 0.3 is 0 Å². The van der Waals surface area contributed by atoms with Crippen LogP contribution in [0.1, 0.15) is 38.4 Å². The second kappa shape index (κ2) is 5.63. The van der Waals surface area contributed by atoms with Crippen molar-refractivity contribution in [3.05, 3.63) is 18.2 Å². The van der Waals surface area contributed by atoms with Crippen LogP contribution in [-0.4, -0.2) is 33.6 Å². The fraction of sp³-hybridized carbons (Fsp3) is 0.800. The summed E-state index contributed by atoms with van der Waals surface area (Å²) in [6.07, 6.45) is 9.36. The first kappa shape index (κ1) is 13.1. The Bertz CT molecular complexity index is 414. The first-order chi connectivity index (χ1) is 9.31. The maximum atomic E-state index is 6.01. The minimum absolute atomic E-state index is 0.675. The third kappa shape index (κ3) is 2.56. The molecule has 3 unspecified atom stereocenters. The SMILES string of the molecule is CCC1CCC(CN)C(N2CCn3ccnc3C2)C1. The normalized spacial score (nSPS) is 32.2. The molecular formula is C15H26N4. The molecule has 0 saturated heterocycles. The van der Waals surface area contributed by atoms with E-state index in [1.54, 1.807) is 0 Å². The van der Waals surface area contributed by atoms with E-state index in [2.05, 4.69) is 27.6 Å². The van der Waals surface area contributed by atoms with Crippen molar-refractivity contribution in [3.8, 4) is 0 Å². The number of rotatable bonds is 3. The van der Waals surface area contributed by atoms with Crippen molar-refractivity contribution < 1.29 is 0 Å². The molecule has 19 heavy (non-hydrogen) atoms. The van der Waals surface area contributed by atoms with Crippen molar-refractivity contribution in [2.75, 3.05) is 13.1 Å². The van der Waals surface area contributed by atoms with E-state index in [9.17, 15) is 0 Å². The van der Waals surface area contributed by atoms with Gasteiger partial charge in [0.2, 0.25) is 0 Å². The van der Waals surface area contributed by atoms with Crippen LogP contribution in [0.15, 0.2) is 12.4 Å². The van der Waals surface area contributed by atoms with Crippen LogP contribution < -0.4 is 5.73 Å². The Morgan fingerprint density at radius 2 is 2.26 bits per heavy atom. The monoisotopic (exact) mass is 262 g/mol. The van der Waals surface area contributed by atoms with Gasteiger partial charge in [-0.25, -0.2) is 4.98 Å². The molecule has 0 radical (unpaired) electrons. The molecule has 0 amide bonds. The first-order valence-electron chi connectivity index (χ1n) is 7.76. The van der Waals surface area contributed by atoms with Crippen LogP contribution in [0.25, 0.3) is 0 Å². The van der Waals surface area contributed by atoms with Crippen LogP contribution >= 0.6 is 0 Å². The van der Waals surface area contributed by atoms with Gasteiger partial charge in [-0.2, -0.15) is 0 Å². The summed E-state index contributed by atoms with van der Waals surface area (Å²) in [5.74, 6) is 2.81. The van der Waals surface area contributed by atoms with Gasteiger partial charge in [0.25, 0.3) is 0 Å².